The predicted molar refractivity (Wildman–Crippen MR) is 108 cm³/mol. The smallest absolute Gasteiger partial charge is 0.260 e. The van der Waals surface area contributed by atoms with Crippen LogP contribution in [-0.4, -0.2) is 49.2 Å². The fourth-order valence-electron chi connectivity index (χ4n) is 4.07. The number of piperazine rings is 1. The zero-order chi connectivity index (χ0) is 19.6. The van der Waals surface area contributed by atoms with E-state index in [9.17, 15) is 4.79 Å². The molecule has 0 aliphatic carbocycles. The Labute approximate surface area is 166 Å². The standard InChI is InChI=1S/C23H28N2O3/c1-23(2)15-19-9-6-10-20(22(19)28-23)27-17-21(26)25-13-11-24(12-14-25)16-18-7-4-3-5-8-18/h3-10H,11-17H2,1-2H3/p+1. The first kappa shape index (κ1) is 18.8. The third kappa shape index (κ3) is 4.30. The number of amides is 1. The quantitative estimate of drug-likeness (QED) is 0.858. The number of carbonyl (C=O) groups excluding carboxylic acids is 1. The lowest BCUT2D eigenvalue weighted by Crippen LogP contribution is -3.13. The molecular formula is C23H29N2O3+. The Bertz CT molecular complexity index is 827. The number of hydrogen-bond acceptors (Lipinski definition) is 3. The van der Waals surface area contributed by atoms with Crippen LogP contribution in [0.15, 0.2) is 48.5 Å². The summed E-state index contributed by atoms with van der Waals surface area (Å²) in [5, 5.41) is 0. The van der Waals surface area contributed by atoms with E-state index in [1.165, 1.54) is 10.5 Å². The SMILES string of the molecule is CC1(C)Cc2cccc(OCC(=O)N3CC[NH+](Cc4ccccc4)CC3)c2O1. The van der Waals surface area contributed by atoms with Gasteiger partial charge in [0.2, 0.25) is 0 Å². The molecule has 0 aromatic heterocycles. The zero-order valence-corrected chi connectivity index (χ0v) is 16.7. The average Bonchev–Trinajstić information content (AvgIpc) is 3.02. The van der Waals surface area contributed by atoms with Crippen molar-refractivity contribution in [3.63, 3.8) is 0 Å². The molecule has 0 saturated carbocycles. The van der Waals surface area contributed by atoms with Crippen LogP contribution in [0.3, 0.4) is 0 Å². The molecule has 2 aliphatic rings. The van der Waals surface area contributed by atoms with Crippen molar-refractivity contribution in [1.82, 2.24) is 4.90 Å². The molecule has 1 amide bonds. The summed E-state index contributed by atoms with van der Waals surface area (Å²) in [5.41, 5.74) is 2.28. The van der Waals surface area contributed by atoms with Gasteiger partial charge in [-0.1, -0.05) is 42.5 Å². The first-order chi connectivity index (χ1) is 13.5. The van der Waals surface area contributed by atoms with E-state index in [1.54, 1.807) is 0 Å². The van der Waals surface area contributed by atoms with Crippen LogP contribution in [0.2, 0.25) is 0 Å². The van der Waals surface area contributed by atoms with Crippen molar-refractivity contribution in [2.45, 2.75) is 32.4 Å². The molecule has 0 atom stereocenters. The van der Waals surface area contributed by atoms with Crippen LogP contribution in [0.1, 0.15) is 25.0 Å². The van der Waals surface area contributed by atoms with E-state index >= 15 is 0 Å². The van der Waals surface area contributed by atoms with Crippen LogP contribution in [0.5, 0.6) is 11.5 Å². The van der Waals surface area contributed by atoms with Crippen LogP contribution in [0, 0.1) is 0 Å². The first-order valence-corrected chi connectivity index (χ1v) is 10.1. The molecule has 2 aliphatic heterocycles. The minimum absolute atomic E-state index is 0.0496. The lowest BCUT2D eigenvalue weighted by molar-refractivity contribution is -0.917. The number of hydrogen-bond donors (Lipinski definition) is 1. The molecule has 0 unspecified atom stereocenters. The molecule has 5 nitrogen and oxygen atoms in total. The highest BCUT2D eigenvalue weighted by molar-refractivity contribution is 5.78. The maximum absolute atomic E-state index is 12.6. The molecule has 0 radical (unpaired) electrons. The maximum atomic E-state index is 12.6. The van der Waals surface area contributed by atoms with Crippen molar-refractivity contribution >= 4 is 5.91 Å². The zero-order valence-electron chi connectivity index (χ0n) is 16.7. The summed E-state index contributed by atoms with van der Waals surface area (Å²) in [6, 6.07) is 16.5. The van der Waals surface area contributed by atoms with Gasteiger partial charge in [-0.25, -0.2) is 0 Å². The van der Waals surface area contributed by atoms with Crippen molar-refractivity contribution in [3.8, 4) is 11.5 Å². The summed E-state index contributed by atoms with van der Waals surface area (Å²) in [4.78, 5) is 16.1. The topological polar surface area (TPSA) is 43.2 Å². The minimum atomic E-state index is -0.219. The summed E-state index contributed by atoms with van der Waals surface area (Å²) in [5.74, 6) is 1.51. The van der Waals surface area contributed by atoms with Crippen molar-refractivity contribution in [3.05, 3.63) is 59.7 Å². The molecule has 5 heteroatoms. The Balaban J connectivity index is 1.28. The van der Waals surface area contributed by atoms with Gasteiger partial charge in [-0.3, -0.25) is 4.79 Å². The Morgan fingerprint density at radius 2 is 1.86 bits per heavy atom. The summed E-state index contributed by atoms with van der Waals surface area (Å²) in [6.45, 7) is 8.72. The highest BCUT2D eigenvalue weighted by Gasteiger charge is 2.32. The molecule has 0 bridgehead atoms. The largest absolute Gasteiger partial charge is 0.483 e. The van der Waals surface area contributed by atoms with Gasteiger partial charge in [0.15, 0.2) is 18.1 Å². The summed E-state index contributed by atoms with van der Waals surface area (Å²) in [7, 11) is 0. The van der Waals surface area contributed by atoms with Crippen LogP contribution < -0.4 is 14.4 Å². The van der Waals surface area contributed by atoms with Crippen molar-refractivity contribution in [2.24, 2.45) is 0 Å². The fraction of sp³-hybridized carbons (Fsp3) is 0.435. The summed E-state index contributed by atoms with van der Waals surface area (Å²) < 4.78 is 11.9. The van der Waals surface area contributed by atoms with Gasteiger partial charge in [0, 0.05) is 17.5 Å². The van der Waals surface area contributed by atoms with E-state index in [0.29, 0.717) is 5.75 Å². The monoisotopic (exact) mass is 381 g/mol. The van der Waals surface area contributed by atoms with Crippen molar-refractivity contribution < 1.29 is 19.2 Å². The number of ether oxygens (including phenoxy) is 2. The van der Waals surface area contributed by atoms with Crippen molar-refractivity contribution in [2.75, 3.05) is 32.8 Å². The molecule has 28 heavy (non-hydrogen) atoms. The van der Waals surface area contributed by atoms with Gasteiger partial charge < -0.3 is 19.3 Å². The van der Waals surface area contributed by atoms with Gasteiger partial charge in [-0.05, 0) is 19.9 Å². The lowest BCUT2D eigenvalue weighted by atomic mass is 10.0. The molecule has 2 aromatic rings. The molecule has 1 saturated heterocycles. The summed E-state index contributed by atoms with van der Waals surface area (Å²) >= 11 is 0. The third-order valence-corrected chi connectivity index (χ3v) is 5.53. The van der Waals surface area contributed by atoms with E-state index in [0.717, 1.165) is 50.5 Å². The van der Waals surface area contributed by atoms with E-state index in [-0.39, 0.29) is 18.1 Å². The lowest BCUT2D eigenvalue weighted by Gasteiger charge is -2.32. The number of carbonyl (C=O) groups is 1. The van der Waals surface area contributed by atoms with Crippen LogP contribution in [0.4, 0.5) is 0 Å². The molecule has 2 heterocycles. The Hall–Kier alpha value is -2.53. The molecule has 1 fully saturated rings. The van der Waals surface area contributed by atoms with E-state index in [1.807, 2.05) is 23.1 Å². The fourth-order valence-corrected chi connectivity index (χ4v) is 4.07. The molecule has 4 rings (SSSR count). The third-order valence-electron chi connectivity index (χ3n) is 5.53. The van der Waals surface area contributed by atoms with Crippen molar-refractivity contribution in [1.29, 1.82) is 0 Å². The number of quaternary nitrogens is 1. The van der Waals surface area contributed by atoms with Gasteiger partial charge in [0.05, 0.1) is 26.2 Å². The van der Waals surface area contributed by atoms with Gasteiger partial charge in [-0.15, -0.1) is 0 Å². The highest BCUT2D eigenvalue weighted by atomic mass is 16.5. The number of nitrogens with zero attached hydrogens (tertiary/aromatic N) is 1. The van der Waals surface area contributed by atoms with Crippen LogP contribution in [0.25, 0.3) is 0 Å². The van der Waals surface area contributed by atoms with Crippen LogP contribution >= 0.6 is 0 Å². The normalized spacial score (nSPS) is 18.4. The Morgan fingerprint density at radius 1 is 1.11 bits per heavy atom. The summed E-state index contributed by atoms with van der Waals surface area (Å²) in [6.07, 6.45) is 0.861. The molecular weight excluding hydrogens is 352 g/mol. The Morgan fingerprint density at radius 3 is 2.61 bits per heavy atom. The van der Waals surface area contributed by atoms with E-state index in [2.05, 4.69) is 44.2 Å². The number of rotatable bonds is 5. The highest BCUT2D eigenvalue weighted by Crippen LogP contribution is 2.41. The van der Waals surface area contributed by atoms with Gasteiger partial charge in [0.1, 0.15) is 12.1 Å². The number of para-hydroxylation sites is 1. The molecule has 148 valence electrons. The molecule has 2 aromatic carbocycles. The second-order valence-electron chi connectivity index (χ2n) is 8.36. The second-order valence-corrected chi connectivity index (χ2v) is 8.36. The van der Waals surface area contributed by atoms with Gasteiger partial charge >= 0.3 is 0 Å². The number of benzene rings is 2. The van der Waals surface area contributed by atoms with E-state index < -0.39 is 0 Å². The Kier molecular flexibility index (Phi) is 5.27. The average molecular weight is 381 g/mol. The second kappa shape index (κ2) is 7.84. The number of fused-ring (bicyclic) bond motifs is 1. The first-order valence-electron chi connectivity index (χ1n) is 10.1. The van der Waals surface area contributed by atoms with Gasteiger partial charge in [0.25, 0.3) is 5.91 Å². The molecule has 0 spiro atoms. The van der Waals surface area contributed by atoms with Crippen LogP contribution in [-0.2, 0) is 17.8 Å². The van der Waals surface area contributed by atoms with Gasteiger partial charge in [-0.2, -0.15) is 0 Å². The van der Waals surface area contributed by atoms with E-state index in [4.69, 9.17) is 9.47 Å². The number of nitrogens with one attached hydrogen (secondary N) is 1. The minimum Gasteiger partial charge on any atom is -0.483 e. The predicted octanol–water partition coefficient (Wildman–Crippen LogP) is 1.71. The maximum Gasteiger partial charge on any atom is 0.260 e. The molecule has 1 N–H and O–H groups in total.